The van der Waals surface area contributed by atoms with E-state index in [1.807, 2.05) is 0 Å². The minimum Gasteiger partial charge on any atom is -0.508 e. The summed E-state index contributed by atoms with van der Waals surface area (Å²) in [5.74, 6) is -2.21. The quantitative estimate of drug-likeness (QED) is 0.334. The molecule has 1 amide bonds. The number of aromatic nitrogens is 2. The number of aromatic amines is 1. The normalized spacial score (nSPS) is 12.7. The number of amides is 1. The Morgan fingerprint density at radius 3 is 2.24 bits per heavy atom. The highest BCUT2D eigenvalue weighted by molar-refractivity contribution is 5.87. The first kappa shape index (κ1) is 22.5. The summed E-state index contributed by atoms with van der Waals surface area (Å²) in [7, 11) is 0. The van der Waals surface area contributed by atoms with Crippen molar-refractivity contribution in [2.75, 3.05) is 0 Å². The molecular formula is C25H21N3O6. The predicted octanol–water partition coefficient (Wildman–Crippen LogP) is 2.12. The van der Waals surface area contributed by atoms with Gasteiger partial charge in [-0.25, -0.2) is 14.2 Å². The zero-order valence-electron chi connectivity index (χ0n) is 17.8. The molecule has 9 nitrogen and oxygen atoms in total. The molecule has 4 N–H and O–H groups in total. The molecule has 0 radical (unpaired) electrons. The molecule has 1 aromatic heterocycles. The van der Waals surface area contributed by atoms with E-state index in [-0.39, 0.29) is 23.1 Å². The number of aliphatic carboxylic acids is 1. The van der Waals surface area contributed by atoms with Crippen molar-refractivity contribution in [2.45, 2.75) is 18.5 Å². The Kier molecular flexibility index (Phi) is 6.26. The number of phenolic OH excluding ortho intramolecular Hbond substituents is 1. The van der Waals surface area contributed by atoms with Crippen molar-refractivity contribution >= 4 is 22.8 Å². The molecule has 0 spiro atoms. The monoisotopic (exact) mass is 459 g/mol. The lowest BCUT2D eigenvalue weighted by atomic mass is 10.0. The van der Waals surface area contributed by atoms with E-state index in [2.05, 4.69) is 10.3 Å². The van der Waals surface area contributed by atoms with Crippen molar-refractivity contribution in [3.05, 3.63) is 111 Å². The van der Waals surface area contributed by atoms with Gasteiger partial charge in [0.15, 0.2) is 6.04 Å². The van der Waals surface area contributed by atoms with Gasteiger partial charge in [0.25, 0.3) is 5.56 Å². The summed E-state index contributed by atoms with van der Waals surface area (Å²) in [5, 5.41) is 21.9. The van der Waals surface area contributed by atoms with Crippen LogP contribution in [-0.4, -0.2) is 31.6 Å². The van der Waals surface area contributed by atoms with Crippen LogP contribution in [0.1, 0.15) is 23.2 Å². The molecule has 0 aliphatic carbocycles. The van der Waals surface area contributed by atoms with Crippen molar-refractivity contribution in [3.63, 3.8) is 0 Å². The van der Waals surface area contributed by atoms with Crippen LogP contribution < -0.4 is 16.6 Å². The van der Waals surface area contributed by atoms with Gasteiger partial charge in [0.1, 0.15) is 11.8 Å². The number of aromatic hydroxyl groups is 1. The van der Waals surface area contributed by atoms with Crippen LogP contribution in [0, 0.1) is 0 Å². The van der Waals surface area contributed by atoms with Gasteiger partial charge in [-0.1, -0.05) is 54.6 Å². The first-order valence-electron chi connectivity index (χ1n) is 10.4. The molecule has 0 aliphatic heterocycles. The van der Waals surface area contributed by atoms with Crippen LogP contribution in [0.25, 0.3) is 10.9 Å². The lowest BCUT2D eigenvalue weighted by Crippen LogP contribution is -2.47. The fourth-order valence-electron chi connectivity index (χ4n) is 3.79. The lowest BCUT2D eigenvalue weighted by molar-refractivity contribution is -0.142. The first-order valence-corrected chi connectivity index (χ1v) is 10.4. The van der Waals surface area contributed by atoms with Gasteiger partial charge in [0.2, 0.25) is 5.91 Å². The molecule has 4 rings (SSSR count). The van der Waals surface area contributed by atoms with Gasteiger partial charge in [0.05, 0.1) is 10.9 Å². The molecule has 4 aromatic rings. The number of rotatable bonds is 7. The fraction of sp³-hybridized carbons (Fsp3) is 0.120. The van der Waals surface area contributed by atoms with Crippen molar-refractivity contribution in [1.82, 2.24) is 14.9 Å². The van der Waals surface area contributed by atoms with Crippen LogP contribution in [0.3, 0.4) is 0 Å². The third-order valence-corrected chi connectivity index (χ3v) is 5.48. The number of H-pyrrole nitrogens is 1. The molecule has 3 aromatic carbocycles. The SMILES string of the molecule is O=C(O)C(NC(=O)C(Cc1ccccc1)n1c(=O)[nH]c2ccccc2c1=O)c1ccc(O)cc1. The number of hydrogen-bond donors (Lipinski definition) is 4. The number of carboxylic acid groups (broad SMARTS) is 1. The van der Waals surface area contributed by atoms with Crippen LogP contribution in [0.4, 0.5) is 0 Å². The van der Waals surface area contributed by atoms with Crippen LogP contribution in [0.15, 0.2) is 88.5 Å². The number of benzene rings is 3. The van der Waals surface area contributed by atoms with E-state index >= 15 is 0 Å². The van der Waals surface area contributed by atoms with Gasteiger partial charge in [-0.05, 0) is 35.4 Å². The molecule has 34 heavy (non-hydrogen) atoms. The maximum absolute atomic E-state index is 13.4. The van der Waals surface area contributed by atoms with Gasteiger partial charge >= 0.3 is 11.7 Å². The summed E-state index contributed by atoms with van der Waals surface area (Å²) in [6, 6.07) is 17.8. The van der Waals surface area contributed by atoms with E-state index in [4.69, 9.17) is 0 Å². The number of nitrogens with zero attached hydrogens (tertiary/aromatic N) is 1. The Labute approximate surface area is 192 Å². The van der Waals surface area contributed by atoms with Gasteiger partial charge in [0, 0.05) is 6.42 Å². The summed E-state index contributed by atoms with van der Waals surface area (Å²) in [4.78, 5) is 54.1. The van der Waals surface area contributed by atoms with E-state index in [1.165, 1.54) is 30.3 Å². The zero-order chi connectivity index (χ0) is 24.2. The van der Waals surface area contributed by atoms with Gasteiger partial charge in [-0.15, -0.1) is 0 Å². The number of fused-ring (bicyclic) bond motifs is 1. The molecule has 0 bridgehead atoms. The largest absolute Gasteiger partial charge is 0.508 e. The minimum atomic E-state index is -1.46. The van der Waals surface area contributed by atoms with Crippen LogP contribution in [0.5, 0.6) is 5.75 Å². The number of para-hydroxylation sites is 1. The molecule has 2 atom stereocenters. The van der Waals surface area contributed by atoms with Crippen LogP contribution >= 0.6 is 0 Å². The maximum Gasteiger partial charge on any atom is 0.330 e. The Morgan fingerprint density at radius 2 is 1.56 bits per heavy atom. The number of hydrogen-bond acceptors (Lipinski definition) is 5. The van der Waals surface area contributed by atoms with Crippen LogP contribution in [0.2, 0.25) is 0 Å². The summed E-state index contributed by atoms with van der Waals surface area (Å²) >= 11 is 0. The lowest BCUT2D eigenvalue weighted by Gasteiger charge is -2.22. The average molecular weight is 459 g/mol. The standard InChI is InChI=1S/C25H21N3O6/c29-17-12-10-16(11-13-17)21(24(32)33)27-22(30)20(14-15-6-2-1-3-7-15)28-23(31)18-8-4-5-9-19(18)26-25(28)34/h1-13,20-21,29H,14H2,(H,26,34)(H,27,30)(H,32,33). The molecule has 2 unspecified atom stereocenters. The highest BCUT2D eigenvalue weighted by Crippen LogP contribution is 2.20. The highest BCUT2D eigenvalue weighted by atomic mass is 16.4. The van der Waals surface area contributed by atoms with Crippen molar-refractivity contribution in [1.29, 1.82) is 0 Å². The second-order valence-electron chi connectivity index (χ2n) is 7.73. The Balaban J connectivity index is 1.79. The Hall–Kier alpha value is -4.66. The Morgan fingerprint density at radius 1 is 0.912 bits per heavy atom. The number of carboxylic acids is 1. The smallest absolute Gasteiger partial charge is 0.330 e. The molecule has 1 heterocycles. The maximum atomic E-state index is 13.4. The summed E-state index contributed by atoms with van der Waals surface area (Å²) in [6.45, 7) is 0. The van der Waals surface area contributed by atoms with E-state index in [9.17, 15) is 29.4 Å². The summed E-state index contributed by atoms with van der Waals surface area (Å²) in [6.07, 6.45) is -0.0179. The number of carbonyl (C=O) groups is 2. The molecule has 9 heteroatoms. The first-order chi connectivity index (χ1) is 16.3. The molecule has 0 saturated heterocycles. The molecule has 0 aliphatic rings. The topological polar surface area (TPSA) is 141 Å². The van der Waals surface area contributed by atoms with Crippen molar-refractivity contribution < 1.29 is 19.8 Å². The van der Waals surface area contributed by atoms with E-state index in [1.54, 1.807) is 48.5 Å². The summed E-state index contributed by atoms with van der Waals surface area (Å²) < 4.78 is 0.820. The van der Waals surface area contributed by atoms with Crippen LogP contribution in [-0.2, 0) is 16.0 Å². The van der Waals surface area contributed by atoms with Gasteiger partial charge in [-0.3, -0.25) is 9.59 Å². The average Bonchev–Trinajstić information content (AvgIpc) is 2.83. The number of carbonyl (C=O) groups excluding carboxylic acids is 1. The minimum absolute atomic E-state index is 0.0179. The van der Waals surface area contributed by atoms with Crippen molar-refractivity contribution in [2.24, 2.45) is 0 Å². The Bertz CT molecular complexity index is 1460. The molecule has 0 saturated carbocycles. The third kappa shape index (κ3) is 4.58. The molecule has 172 valence electrons. The third-order valence-electron chi connectivity index (χ3n) is 5.48. The van der Waals surface area contributed by atoms with Gasteiger partial charge in [-0.2, -0.15) is 0 Å². The molecule has 0 fully saturated rings. The second-order valence-corrected chi connectivity index (χ2v) is 7.73. The second kappa shape index (κ2) is 9.45. The highest BCUT2D eigenvalue weighted by Gasteiger charge is 2.30. The zero-order valence-corrected chi connectivity index (χ0v) is 17.8. The van der Waals surface area contributed by atoms with Crippen molar-refractivity contribution in [3.8, 4) is 5.75 Å². The van der Waals surface area contributed by atoms with E-state index in [0.29, 0.717) is 11.1 Å². The number of phenols is 1. The predicted molar refractivity (Wildman–Crippen MR) is 125 cm³/mol. The van der Waals surface area contributed by atoms with E-state index < -0.39 is 35.2 Å². The number of nitrogens with one attached hydrogen (secondary N) is 2. The fourth-order valence-corrected chi connectivity index (χ4v) is 3.79. The van der Waals surface area contributed by atoms with Gasteiger partial charge < -0.3 is 20.5 Å². The van der Waals surface area contributed by atoms with E-state index in [0.717, 1.165) is 4.57 Å². The summed E-state index contributed by atoms with van der Waals surface area (Å²) in [5.41, 5.74) is -0.209. The molecular weight excluding hydrogens is 438 g/mol.